The number of methoxy groups -OCH3 is 1. The van der Waals surface area contributed by atoms with Gasteiger partial charge in [-0.15, -0.1) is 10.2 Å². The largest absolute Gasteiger partial charge is 0.495 e. The highest BCUT2D eigenvalue weighted by molar-refractivity contribution is 6.31. The van der Waals surface area contributed by atoms with Gasteiger partial charge >= 0.3 is 0 Å². The number of hydrogen-bond donors (Lipinski definition) is 2. The van der Waals surface area contributed by atoms with Crippen molar-refractivity contribution in [2.75, 3.05) is 17.7 Å². The van der Waals surface area contributed by atoms with Crippen LogP contribution >= 0.6 is 11.6 Å². The van der Waals surface area contributed by atoms with Crippen molar-refractivity contribution in [3.63, 3.8) is 0 Å². The monoisotopic (exact) mass is 382 g/mol. The van der Waals surface area contributed by atoms with Gasteiger partial charge in [-0.1, -0.05) is 35.9 Å². The molecule has 0 saturated heterocycles. The van der Waals surface area contributed by atoms with Crippen molar-refractivity contribution in [3.05, 3.63) is 76.4 Å². The molecule has 0 fully saturated rings. The lowest BCUT2D eigenvalue weighted by Gasteiger charge is -2.11. The van der Waals surface area contributed by atoms with Crippen molar-refractivity contribution in [1.82, 2.24) is 10.2 Å². The third kappa shape index (κ3) is 4.74. The maximum absolute atomic E-state index is 12.4. The molecule has 27 heavy (non-hydrogen) atoms. The van der Waals surface area contributed by atoms with Crippen molar-refractivity contribution < 1.29 is 9.53 Å². The van der Waals surface area contributed by atoms with Crippen LogP contribution in [0.4, 0.5) is 11.5 Å². The zero-order valence-corrected chi connectivity index (χ0v) is 15.7. The lowest BCUT2D eigenvalue weighted by atomic mass is 10.2. The molecule has 3 aromatic rings. The van der Waals surface area contributed by atoms with Gasteiger partial charge in [-0.2, -0.15) is 0 Å². The van der Waals surface area contributed by atoms with Crippen molar-refractivity contribution in [1.29, 1.82) is 0 Å². The number of ether oxygens (including phenoxy) is 1. The normalized spacial score (nSPS) is 10.3. The van der Waals surface area contributed by atoms with Crippen LogP contribution in [0.25, 0.3) is 0 Å². The van der Waals surface area contributed by atoms with Crippen molar-refractivity contribution in [2.24, 2.45) is 0 Å². The third-order valence-corrected chi connectivity index (χ3v) is 4.29. The Kier molecular flexibility index (Phi) is 5.88. The number of aryl methyl sites for hydroxylation is 1. The number of anilines is 2. The van der Waals surface area contributed by atoms with Gasteiger partial charge in [-0.05, 0) is 48.4 Å². The van der Waals surface area contributed by atoms with Gasteiger partial charge in [0.1, 0.15) is 11.6 Å². The molecule has 6 nitrogen and oxygen atoms in total. The van der Waals surface area contributed by atoms with Crippen LogP contribution in [0.3, 0.4) is 0 Å². The summed E-state index contributed by atoms with van der Waals surface area (Å²) in [5, 5.41) is 14.7. The molecule has 2 N–H and O–H groups in total. The summed E-state index contributed by atoms with van der Waals surface area (Å²) < 4.78 is 5.27. The molecule has 0 aliphatic rings. The predicted octanol–water partition coefficient (Wildman–Crippen LogP) is 4.31. The highest BCUT2D eigenvalue weighted by Gasteiger charge is 2.12. The molecule has 3 rings (SSSR count). The molecule has 1 heterocycles. The van der Waals surface area contributed by atoms with Crippen LogP contribution in [0.15, 0.2) is 54.6 Å². The zero-order chi connectivity index (χ0) is 19.2. The van der Waals surface area contributed by atoms with Gasteiger partial charge in [-0.25, -0.2) is 0 Å². The molecule has 7 heteroatoms. The van der Waals surface area contributed by atoms with E-state index in [9.17, 15) is 4.79 Å². The number of rotatable bonds is 6. The summed E-state index contributed by atoms with van der Waals surface area (Å²) in [6.07, 6.45) is 0. The van der Waals surface area contributed by atoms with Gasteiger partial charge in [0, 0.05) is 11.6 Å². The molecule has 138 valence electrons. The van der Waals surface area contributed by atoms with E-state index in [1.807, 2.05) is 43.3 Å². The van der Waals surface area contributed by atoms with Crippen LogP contribution in [0, 0.1) is 6.92 Å². The number of halogens is 1. The van der Waals surface area contributed by atoms with E-state index in [0.29, 0.717) is 28.8 Å². The first-order valence-corrected chi connectivity index (χ1v) is 8.71. The summed E-state index contributed by atoms with van der Waals surface area (Å²) >= 11 is 6.13. The molecule has 0 unspecified atom stereocenters. The molecular formula is C20H19ClN4O2. The second-order valence-corrected chi connectivity index (χ2v) is 6.31. The van der Waals surface area contributed by atoms with Crippen molar-refractivity contribution in [3.8, 4) is 5.75 Å². The smallest absolute Gasteiger partial charge is 0.276 e. The maximum atomic E-state index is 12.4. The Morgan fingerprint density at radius 1 is 1.11 bits per heavy atom. The lowest BCUT2D eigenvalue weighted by molar-refractivity contribution is 0.102. The Morgan fingerprint density at radius 3 is 2.63 bits per heavy atom. The molecule has 1 amide bonds. The molecule has 1 aromatic heterocycles. The molecule has 2 aromatic carbocycles. The van der Waals surface area contributed by atoms with Gasteiger partial charge in [0.2, 0.25) is 0 Å². The van der Waals surface area contributed by atoms with E-state index in [1.165, 1.54) is 0 Å². The number of benzene rings is 2. The Labute approximate surface area is 162 Å². The second-order valence-electron chi connectivity index (χ2n) is 5.91. The highest BCUT2D eigenvalue weighted by atomic mass is 35.5. The van der Waals surface area contributed by atoms with Gasteiger partial charge in [-0.3, -0.25) is 4.79 Å². The molecule has 0 aliphatic heterocycles. The molecule has 0 atom stereocenters. The number of amides is 1. The quantitative estimate of drug-likeness (QED) is 0.664. The first-order chi connectivity index (χ1) is 13.1. The number of hydrogen-bond acceptors (Lipinski definition) is 5. The molecule has 0 bridgehead atoms. The van der Waals surface area contributed by atoms with Crippen molar-refractivity contribution >= 4 is 29.0 Å². The Balaban J connectivity index is 1.65. The maximum Gasteiger partial charge on any atom is 0.276 e. The van der Waals surface area contributed by atoms with Crippen LogP contribution in [0.2, 0.25) is 5.02 Å². The SMILES string of the molecule is COc1ccc(C)cc1NC(=O)c1ccc(NCc2ccccc2Cl)nn1. The van der Waals surface area contributed by atoms with Crippen LogP contribution in [0.1, 0.15) is 21.6 Å². The van der Waals surface area contributed by atoms with E-state index in [2.05, 4.69) is 20.8 Å². The summed E-state index contributed by atoms with van der Waals surface area (Å²) in [4.78, 5) is 12.4. The van der Waals surface area contributed by atoms with E-state index < -0.39 is 0 Å². The first kappa shape index (κ1) is 18.7. The Morgan fingerprint density at radius 2 is 1.93 bits per heavy atom. The fourth-order valence-corrected chi connectivity index (χ4v) is 2.68. The van der Waals surface area contributed by atoms with E-state index in [1.54, 1.807) is 25.3 Å². The number of carbonyl (C=O) groups excluding carboxylic acids is 1. The fraction of sp³-hybridized carbons (Fsp3) is 0.150. The molecule has 0 saturated carbocycles. The highest BCUT2D eigenvalue weighted by Crippen LogP contribution is 2.25. The van der Waals surface area contributed by atoms with Gasteiger partial charge in [0.25, 0.3) is 5.91 Å². The minimum absolute atomic E-state index is 0.210. The zero-order valence-electron chi connectivity index (χ0n) is 15.0. The summed E-state index contributed by atoms with van der Waals surface area (Å²) in [6.45, 7) is 2.45. The molecule has 0 aliphatic carbocycles. The fourth-order valence-electron chi connectivity index (χ4n) is 2.48. The van der Waals surface area contributed by atoms with Crippen molar-refractivity contribution in [2.45, 2.75) is 13.5 Å². The summed E-state index contributed by atoms with van der Waals surface area (Å²) in [6, 6.07) is 16.4. The molecular weight excluding hydrogens is 364 g/mol. The summed E-state index contributed by atoms with van der Waals surface area (Å²) in [7, 11) is 1.56. The summed E-state index contributed by atoms with van der Waals surface area (Å²) in [5.41, 5.74) is 2.76. The minimum Gasteiger partial charge on any atom is -0.495 e. The first-order valence-electron chi connectivity index (χ1n) is 8.34. The topological polar surface area (TPSA) is 76.1 Å². The number of carbonyl (C=O) groups is 1. The van der Waals surface area contributed by atoms with Crippen LogP contribution in [-0.4, -0.2) is 23.2 Å². The minimum atomic E-state index is -0.357. The van der Waals surface area contributed by atoms with Gasteiger partial charge in [0.05, 0.1) is 12.8 Å². The van der Waals surface area contributed by atoms with E-state index in [4.69, 9.17) is 16.3 Å². The van der Waals surface area contributed by atoms with E-state index in [-0.39, 0.29) is 11.6 Å². The number of aromatic nitrogens is 2. The van der Waals surface area contributed by atoms with Gasteiger partial charge < -0.3 is 15.4 Å². The Bertz CT molecular complexity index is 945. The molecule has 0 spiro atoms. The van der Waals surface area contributed by atoms with Crippen LogP contribution < -0.4 is 15.4 Å². The molecule has 0 radical (unpaired) electrons. The van der Waals surface area contributed by atoms with E-state index >= 15 is 0 Å². The number of nitrogens with zero attached hydrogens (tertiary/aromatic N) is 2. The predicted molar refractivity (Wildman–Crippen MR) is 106 cm³/mol. The summed E-state index contributed by atoms with van der Waals surface area (Å²) in [5.74, 6) is 0.781. The lowest BCUT2D eigenvalue weighted by Crippen LogP contribution is -2.15. The van der Waals surface area contributed by atoms with Gasteiger partial charge in [0.15, 0.2) is 5.69 Å². The number of nitrogens with one attached hydrogen (secondary N) is 2. The average Bonchev–Trinajstić information content (AvgIpc) is 2.68. The van der Waals surface area contributed by atoms with Crippen LogP contribution in [-0.2, 0) is 6.54 Å². The second kappa shape index (κ2) is 8.51. The van der Waals surface area contributed by atoms with E-state index in [0.717, 1.165) is 11.1 Å². The van der Waals surface area contributed by atoms with Crippen LogP contribution in [0.5, 0.6) is 5.75 Å². The average molecular weight is 383 g/mol. The standard InChI is InChI=1S/C20H19ClN4O2/c1-13-7-9-18(27-2)17(11-13)23-20(26)16-8-10-19(25-24-16)22-12-14-5-3-4-6-15(14)21/h3-11H,12H2,1-2H3,(H,22,25)(H,23,26). The Hall–Kier alpha value is -3.12. The third-order valence-electron chi connectivity index (χ3n) is 3.92.